The fourth-order valence-electron chi connectivity index (χ4n) is 4.61. The summed E-state index contributed by atoms with van der Waals surface area (Å²) in [6.45, 7) is 6.54. The van der Waals surface area contributed by atoms with Crippen LogP contribution in [0, 0.1) is 5.92 Å². The summed E-state index contributed by atoms with van der Waals surface area (Å²) in [5.41, 5.74) is 6.37. The smallest absolute Gasteiger partial charge is 0.414 e. The molecule has 1 unspecified atom stereocenters. The maximum Gasteiger partial charge on any atom is 0.414 e. The third-order valence-electron chi connectivity index (χ3n) is 6.51. The molecule has 0 spiro atoms. The number of hydrazine groups is 1. The predicted octanol–water partition coefficient (Wildman–Crippen LogP) is 2.86. The van der Waals surface area contributed by atoms with Gasteiger partial charge in [0.15, 0.2) is 0 Å². The van der Waals surface area contributed by atoms with Crippen LogP contribution in [0.2, 0.25) is 0 Å². The highest BCUT2D eigenvalue weighted by molar-refractivity contribution is 6.04. The van der Waals surface area contributed by atoms with E-state index in [-0.39, 0.29) is 24.0 Å². The third kappa shape index (κ3) is 3.51. The van der Waals surface area contributed by atoms with Crippen molar-refractivity contribution in [3.63, 3.8) is 0 Å². The molecule has 1 saturated heterocycles. The van der Waals surface area contributed by atoms with E-state index in [1.807, 2.05) is 24.8 Å². The van der Waals surface area contributed by atoms with E-state index < -0.39 is 0 Å². The van der Waals surface area contributed by atoms with Gasteiger partial charge in [-0.25, -0.2) is 9.80 Å². The fourth-order valence-corrected chi connectivity index (χ4v) is 4.61. The van der Waals surface area contributed by atoms with Gasteiger partial charge in [-0.3, -0.25) is 15.1 Å². The Morgan fingerprint density at radius 2 is 1.93 bits per heavy atom. The molecule has 0 radical (unpaired) electrons. The van der Waals surface area contributed by atoms with Gasteiger partial charge in [-0.2, -0.15) is 0 Å². The lowest BCUT2D eigenvalue weighted by Gasteiger charge is -2.41. The SMILES string of the molecule is CCOC(=O)N1C[C@H](C)N(C(=O)C2CC2)c2ccc(C3CNN(C4CC4)C3)cc21. The Bertz CT molecular complexity index is 820. The molecule has 1 N–H and O–H groups in total. The summed E-state index contributed by atoms with van der Waals surface area (Å²) in [4.78, 5) is 29.3. The molecule has 2 heterocycles. The topological polar surface area (TPSA) is 65.1 Å². The molecule has 1 aromatic carbocycles. The van der Waals surface area contributed by atoms with Gasteiger partial charge in [0.1, 0.15) is 0 Å². The van der Waals surface area contributed by atoms with Crippen molar-refractivity contribution < 1.29 is 14.3 Å². The molecule has 29 heavy (non-hydrogen) atoms. The lowest BCUT2D eigenvalue weighted by atomic mass is 9.96. The van der Waals surface area contributed by atoms with Crippen molar-refractivity contribution in [1.29, 1.82) is 0 Å². The minimum atomic E-state index is -0.333. The highest BCUT2D eigenvalue weighted by Crippen LogP contribution is 2.42. The standard InChI is InChI=1S/C22H30N4O3/c1-3-29-22(28)24-12-14(2)26(21(27)15-4-5-15)19-9-6-16(10-20(19)24)17-11-23-25(13-17)18-7-8-18/h6,9-10,14-15,17-18,23H,3-5,7-8,11-13H2,1-2H3/t14-,17?/m0/s1. The fraction of sp³-hybridized carbons (Fsp3) is 0.636. The minimum absolute atomic E-state index is 0.0654. The Morgan fingerprint density at radius 3 is 2.62 bits per heavy atom. The largest absolute Gasteiger partial charge is 0.449 e. The number of carbonyl (C=O) groups excluding carboxylic acids is 2. The van der Waals surface area contributed by atoms with Crippen LogP contribution in [0.5, 0.6) is 0 Å². The molecule has 7 heteroatoms. The number of carbonyl (C=O) groups is 2. The summed E-state index contributed by atoms with van der Waals surface area (Å²) < 4.78 is 5.33. The van der Waals surface area contributed by atoms with Crippen LogP contribution in [-0.4, -0.2) is 55.3 Å². The zero-order valence-corrected chi connectivity index (χ0v) is 17.3. The zero-order valence-electron chi connectivity index (χ0n) is 17.3. The molecule has 2 amide bonds. The Hall–Kier alpha value is -2.12. The molecule has 7 nitrogen and oxygen atoms in total. The van der Waals surface area contributed by atoms with Crippen molar-refractivity contribution in [2.75, 3.05) is 36.0 Å². The van der Waals surface area contributed by atoms with Crippen LogP contribution >= 0.6 is 0 Å². The molecule has 4 aliphatic rings. The average Bonchev–Trinajstić information content (AvgIpc) is 3.65. The van der Waals surface area contributed by atoms with E-state index >= 15 is 0 Å². The van der Waals surface area contributed by atoms with Gasteiger partial charge in [-0.15, -0.1) is 0 Å². The Labute approximate surface area is 171 Å². The van der Waals surface area contributed by atoms with Crippen LogP contribution in [0.3, 0.4) is 0 Å². The summed E-state index contributed by atoms with van der Waals surface area (Å²) in [5, 5.41) is 2.36. The van der Waals surface area contributed by atoms with Crippen LogP contribution in [0.1, 0.15) is 51.0 Å². The van der Waals surface area contributed by atoms with E-state index in [0.717, 1.165) is 37.3 Å². The number of amides is 2. The first-order valence-electron chi connectivity index (χ1n) is 11.0. The zero-order chi connectivity index (χ0) is 20.1. The van der Waals surface area contributed by atoms with E-state index in [9.17, 15) is 9.59 Å². The molecule has 5 rings (SSSR count). The van der Waals surface area contributed by atoms with Crippen LogP contribution in [-0.2, 0) is 9.53 Å². The third-order valence-corrected chi connectivity index (χ3v) is 6.51. The van der Waals surface area contributed by atoms with Crippen LogP contribution in [0.15, 0.2) is 18.2 Å². The molecule has 2 saturated carbocycles. The molecule has 3 fully saturated rings. The van der Waals surface area contributed by atoms with Gasteiger partial charge in [-0.05, 0) is 57.2 Å². The number of nitrogens with zero attached hydrogens (tertiary/aromatic N) is 3. The van der Waals surface area contributed by atoms with Gasteiger partial charge < -0.3 is 9.64 Å². The lowest BCUT2D eigenvalue weighted by molar-refractivity contribution is -0.120. The van der Waals surface area contributed by atoms with E-state index in [0.29, 0.717) is 25.1 Å². The lowest BCUT2D eigenvalue weighted by Crippen LogP contribution is -2.52. The van der Waals surface area contributed by atoms with Crippen LogP contribution < -0.4 is 15.2 Å². The van der Waals surface area contributed by atoms with Crippen molar-refractivity contribution in [3.05, 3.63) is 23.8 Å². The minimum Gasteiger partial charge on any atom is -0.449 e. The summed E-state index contributed by atoms with van der Waals surface area (Å²) in [6, 6.07) is 6.89. The summed E-state index contributed by atoms with van der Waals surface area (Å²) >= 11 is 0. The van der Waals surface area contributed by atoms with Gasteiger partial charge in [0.05, 0.1) is 24.0 Å². The first-order valence-corrected chi connectivity index (χ1v) is 11.0. The monoisotopic (exact) mass is 398 g/mol. The molecular formula is C22H30N4O3. The number of hydrogen-bond donors (Lipinski definition) is 1. The number of fused-ring (bicyclic) bond motifs is 1. The van der Waals surface area contributed by atoms with Crippen LogP contribution in [0.25, 0.3) is 0 Å². The Morgan fingerprint density at radius 1 is 1.14 bits per heavy atom. The molecule has 0 aromatic heterocycles. The summed E-state index contributed by atoms with van der Waals surface area (Å²) in [6.07, 6.45) is 4.16. The van der Waals surface area contributed by atoms with E-state index in [1.165, 1.54) is 18.4 Å². The summed E-state index contributed by atoms with van der Waals surface area (Å²) in [7, 11) is 0. The molecule has 0 bridgehead atoms. The quantitative estimate of drug-likeness (QED) is 0.845. The number of anilines is 2. The van der Waals surface area contributed by atoms with E-state index in [4.69, 9.17) is 4.74 Å². The second kappa shape index (κ2) is 7.29. The van der Waals surface area contributed by atoms with Crippen molar-refractivity contribution in [2.45, 2.75) is 57.5 Å². The van der Waals surface area contributed by atoms with Crippen LogP contribution in [0.4, 0.5) is 16.2 Å². The normalized spacial score (nSPS) is 27.1. The Balaban J connectivity index is 1.48. The molecule has 156 valence electrons. The number of rotatable bonds is 4. The first-order chi connectivity index (χ1) is 14.1. The maximum atomic E-state index is 13.0. The van der Waals surface area contributed by atoms with Crippen molar-refractivity contribution in [3.8, 4) is 0 Å². The van der Waals surface area contributed by atoms with Crippen molar-refractivity contribution in [1.82, 2.24) is 10.4 Å². The van der Waals surface area contributed by atoms with Gasteiger partial charge in [0.25, 0.3) is 0 Å². The maximum absolute atomic E-state index is 13.0. The van der Waals surface area contributed by atoms with E-state index in [1.54, 1.807) is 4.90 Å². The number of nitrogens with one attached hydrogen (secondary N) is 1. The van der Waals surface area contributed by atoms with E-state index in [2.05, 4.69) is 22.6 Å². The van der Waals surface area contributed by atoms with Gasteiger partial charge in [0.2, 0.25) is 5.91 Å². The highest BCUT2D eigenvalue weighted by atomic mass is 16.6. The van der Waals surface area contributed by atoms with Gasteiger partial charge in [0, 0.05) is 37.5 Å². The highest BCUT2D eigenvalue weighted by Gasteiger charge is 2.42. The average molecular weight is 399 g/mol. The molecular weight excluding hydrogens is 368 g/mol. The second-order valence-corrected chi connectivity index (χ2v) is 8.83. The van der Waals surface area contributed by atoms with Crippen molar-refractivity contribution >= 4 is 23.4 Å². The first kappa shape index (κ1) is 18.9. The summed E-state index contributed by atoms with van der Waals surface area (Å²) in [5.74, 6) is 0.722. The molecule has 1 aromatic rings. The number of benzene rings is 1. The van der Waals surface area contributed by atoms with Gasteiger partial charge in [-0.1, -0.05) is 6.07 Å². The predicted molar refractivity (Wildman–Crippen MR) is 111 cm³/mol. The Kier molecular flexibility index (Phi) is 4.75. The number of ether oxygens (including phenoxy) is 1. The van der Waals surface area contributed by atoms with Crippen molar-refractivity contribution in [2.24, 2.45) is 5.92 Å². The van der Waals surface area contributed by atoms with Gasteiger partial charge >= 0.3 is 6.09 Å². The molecule has 2 aliphatic carbocycles. The molecule has 2 atom stereocenters. The number of hydrogen-bond acceptors (Lipinski definition) is 5. The molecule has 2 aliphatic heterocycles. The second-order valence-electron chi connectivity index (χ2n) is 8.83.